The molecule has 4 heteroatoms. The van der Waals surface area contributed by atoms with Crippen molar-refractivity contribution in [2.45, 2.75) is 50.0 Å². The zero-order valence-corrected chi connectivity index (χ0v) is 15.7. The molecule has 2 N–H and O–H groups in total. The standard InChI is InChI=1S/C21H23BrO3/c22-18-12-10-17(11-13-18)20(23)19(21(24)25)16-8-6-15(7-9-16)14-4-2-1-3-5-14/h6-14,19-20,23H,1-5H2,(H,24,25)/t19-,20+/m1/s1. The molecule has 0 saturated heterocycles. The molecule has 0 aliphatic heterocycles. The third kappa shape index (κ3) is 4.31. The van der Waals surface area contributed by atoms with Gasteiger partial charge in [-0.3, -0.25) is 4.79 Å². The minimum absolute atomic E-state index is 0.586. The Balaban J connectivity index is 1.82. The first-order valence-corrected chi connectivity index (χ1v) is 9.62. The van der Waals surface area contributed by atoms with Crippen molar-refractivity contribution in [2.24, 2.45) is 0 Å². The number of benzene rings is 2. The SMILES string of the molecule is O=C(O)[C@H](c1ccc(C2CCCCC2)cc1)[C@@H](O)c1ccc(Br)cc1. The summed E-state index contributed by atoms with van der Waals surface area (Å²) in [7, 11) is 0. The van der Waals surface area contributed by atoms with E-state index >= 15 is 0 Å². The topological polar surface area (TPSA) is 57.5 Å². The van der Waals surface area contributed by atoms with Crippen LogP contribution in [0.3, 0.4) is 0 Å². The maximum atomic E-state index is 11.8. The molecule has 0 heterocycles. The van der Waals surface area contributed by atoms with Gasteiger partial charge in [0.1, 0.15) is 5.92 Å². The summed E-state index contributed by atoms with van der Waals surface area (Å²) in [6.07, 6.45) is 5.20. The Kier molecular flexibility index (Phi) is 5.92. The van der Waals surface area contributed by atoms with Gasteiger partial charge in [0.15, 0.2) is 0 Å². The molecule has 1 fully saturated rings. The predicted octanol–water partition coefficient (Wildman–Crippen LogP) is 5.40. The van der Waals surface area contributed by atoms with Crippen molar-refractivity contribution in [2.75, 3.05) is 0 Å². The van der Waals surface area contributed by atoms with Gasteiger partial charge in [0.05, 0.1) is 6.10 Å². The highest BCUT2D eigenvalue weighted by Crippen LogP contribution is 2.35. The second-order valence-corrected chi connectivity index (χ2v) is 7.73. The lowest BCUT2D eigenvalue weighted by atomic mass is 9.82. The molecule has 1 aliphatic rings. The Morgan fingerprint density at radius 3 is 2.04 bits per heavy atom. The van der Waals surface area contributed by atoms with Crippen molar-refractivity contribution in [3.05, 3.63) is 69.7 Å². The van der Waals surface area contributed by atoms with E-state index in [9.17, 15) is 15.0 Å². The third-order valence-corrected chi connectivity index (χ3v) is 5.69. The summed E-state index contributed by atoms with van der Waals surface area (Å²) in [4.78, 5) is 11.8. The molecule has 0 amide bonds. The van der Waals surface area contributed by atoms with E-state index in [0.29, 0.717) is 17.0 Å². The second kappa shape index (κ2) is 8.15. The summed E-state index contributed by atoms with van der Waals surface area (Å²) in [5, 5.41) is 20.3. The van der Waals surface area contributed by atoms with Crippen molar-refractivity contribution >= 4 is 21.9 Å². The van der Waals surface area contributed by atoms with Crippen LogP contribution in [0.4, 0.5) is 0 Å². The minimum atomic E-state index is -1.08. The van der Waals surface area contributed by atoms with Crippen LogP contribution in [-0.4, -0.2) is 16.2 Å². The molecule has 2 aromatic rings. The van der Waals surface area contributed by atoms with E-state index < -0.39 is 18.0 Å². The molecule has 0 radical (unpaired) electrons. The molecule has 2 aromatic carbocycles. The van der Waals surface area contributed by atoms with E-state index in [2.05, 4.69) is 15.9 Å². The van der Waals surface area contributed by atoms with Crippen molar-refractivity contribution in [3.63, 3.8) is 0 Å². The van der Waals surface area contributed by atoms with Crippen LogP contribution in [0.25, 0.3) is 0 Å². The van der Waals surface area contributed by atoms with Crippen molar-refractivity contribution in [3.8, 4) is 0 Å². The van der Waals surface area contributed by atoms with E-state index in [1.807, 2.05) is 36.4 Å². The molecule has 0 spiro atoms. The van der Waals surface area contributed by atoms with Gasteiger partial charge in [0, 0.05) is 4.47 Å². The van der Waals surface area contributed by atoms with Crippen molar-refractivity contribution in [1.29, 1.82) is 0 Å². The lowest BCUT2D eigenvalue weighted by Gasteiger charge is -2.23. The van der Waals surface area contributed by atoms with E-state index in [4.69, 9.17) is 0 Å². The maximum absolute atomic E-state index is 11.8. The summed E-state index contributed by atoms with van der Waals surface area (Å²) in [6, 6.07) is 14.9. The Morgan fingerprint density at radius 1 is 0.920 bits per heavy atom. The normalized spacial score (nSPS) is 17.8. The molecule has 0 aromatic heterocycles. The first-order valence-electron chi connectivity index (χ1n) is 8.82. The quantitative estimate of drug-likeness (QED) is 0.703. The van der Waals surface area contributed by atoms with Gasteiger partial charge in [-0.1, -0.05) is 71.6 Å². The molecule has 0 unspecified atom stereocenters. The molecule has 1 aliphatic carbocycles. The summed E-state index contributed by atoms with van der Waals surface area (Å²) >= 11 is 3.35. The number of carboxylic acids is 1. The molecule has 2 atom stereocenters. The van der Waals surface area contributed by atoms with Crippen molar-refractivity contribution in [1.82, 2.24) is 0 Å². The number of rotatable bonds is 5. The van der Waals surface area contributed by atoms with Crippen LogP contribution in [-0.2, 0) is 4.79 Å². The largest absolute Gasteiger partial charge is 0.481 e. The monoisotopic (exact) mass is 402 g/mol. The average Bonchev–Trinajstić information content (AvgIpc) is 2.63. The molecule has 3 rings (SSSR count). The summed E-state index contributed by atoms with van der Waals surface area (Å²) in [5.41, 5.74) is 2.53. The maximum Gasteiger partial charge on any atom is 0.314 e. The number of carbonyl (C=O) groups is 1. The molecular formula is C21H23BrO3. The Morgan fingerprint density at radius 2 is 1.48 bits per heavy atom. The van der Waals surface area contributed by atoms with Crippen LogP contribution in [0.15, 0.2) is 53.0 Å². The van der Waals surface area contributed by atoms with Gasteiger partial charge in [-0.15, -0.1) is 0 Å². The molecule has 1 saturated carbocycles. The van der Waals surface area contributed by atoms with Crippen LogP contribution in [0, 0.1) is 0 Å². The lowest BCUT2D eigenvalue weighted by Crippen LogP contribution is -2.20. The highest BCUT2D eigenvalue weighted by Gasteiger charge is 2.29. The molecule has 3 nitrogen and oxygen atoms in total. The van der Waals surface area contributed by atoms with Gasteiger partial charge < -0.3 is 10.2 Å². The van der Waals surface area contributed by atoms with Crippen molar-refractivity contribution < 1.29 is 15.0 Å². The zero-order valence-electron chi connectivity index (χ0n) is 14.1. The number of aliphatic hydroxyl groups is 1. The summed E-state index contributed by atoms with van der Waals surface area (Å²) < 4.78 is 0.896. The van der Waals surface area contributed by atoms with Gasteiger partial charge in [0.2, 0.25) is 0 Å². The molecule has 25 heavy (non-hydrogen) atoms. The predicted molar refractivity (Wildman–Crippen MR) is 102 cm³/mol. The fourth-order valence-electron chi connectivity index (χ4n) is 3.72. The fourth-order valence-corrected chi connectivity index (χ4v) is 3.99. The smallest absolute Gasteiger partial charge is 0.314 e. The van der Waals surface area contributed by atoms with Gasteiger partial charge >= 0.3 is 5.97 Å². The second-order valence-electron chi connectivity index (χ2n) is 6.81. The van der Waals surface area contributed by atoms with Crippen LogP contribution < -0.4 is 0 Å². The highest BCUT2D eigenvalue weighted by atomic mass is 79.9. The number of hydrogen-bond acceptors (Lipinski definition) is 2. The minimum Gasteiger partial charge on any atom is -0.481 e. The third-order valence-electron chi connectivity index (χ3n) is 5.17. The van der Waals surface area contributed by atoms with Crippen LogP contribution in [0.1, 0.15) is 66.7 Å². The Bertz CT molecular complexity index is 703. The fraction of sp³-hybridized carbons (Fsp3) is 0.381. The summed E-state index contributed by atoms with van der Waals surface area (Å²) in [6.45, 7) is 0. The first-order chi connectivity index (χ1) is 12.1. The van der Waals surface area contributed by atoms with Crippen LogP contribution in [0.2, 0.25) is 0 Å². The molecule has 0 bridgehead atoms. The van der Waals surface area contributed by atoms with E-state index in [1.54, 1.807) is 12.1 Å². The van der Waals surface area contributed by atoms with E-state index in [-0.39, 0.29) is 0 Å². The zero-order chi connectivity index (χ0) is 17.8. The highest BCUT2D eigenvalue weighted by molar-refractivity contribution is 9.10. The number of halogens is 1. The molecular weight excluding hydrogens is 380 g/mol. The Labute approximate surface area is 156 Å². The number of aliphatic hydroxyl groups excluding tert-OH is 1. The number of hydrogen-bond donors (Lipinski definition) is 2. The average molecular weight is 403 g/mol. The van der Waals surface area contributed by atoms with E-state index in [0.717, 1.165) is 4.47 Å². The summed E-state index contributed by atoms with van der Waals surface area (Å²) in [5.74, 6) is -1.40. The molecule has 132 valence electrons. The van der Waals surface area contributed by atoms with Crippen LogP contribution >= 0.6 is 15.9 Å². The van der Waals surface area contributed by atoms with E-state index in [1.165, 1.54) is 37.7 Å². The first kappa shape index (κ1) is 18.2. The Hall–Kier alpha value is -1.65. The number of aliphatic carboxylic acids is 1. The lowest BCUT2D eigenvalue weighted by molar-refractivity contribution is -0.141. The van der Waals surface area contributed by atoms with Gasteiger partial charge in [-0.05, 0) is 47.6 Å². The van der Waals surface area contributed by atoms with Gasteiger partial charge in [-0.25, -0.2) is 0 Å². The number of carboxylic acid groups (broad SMARTS) is 1. The van der Waals surface area contributed by atoms with Gasteiger partial charge in [-0.2, -0.15) is 0 Å². The van der Waals surface area contributed by atoms with Crippen LogP contribution in [0.5, 0.6) is 0 Å². The van der Waals surface area contributed by atoms with Gasteiger partial charge in [0.25, 0.3) is 0 Å².